The highest BCUT2D eigenvalue weighted by Gasteiger charge is 2.60. The molecule has 2 saturated carbocycles. The van der Waals surface area contributed by atoms with E-state index in [1.807, 2.05) is 18.3 Å². The van der Waals surface area contributed by atoms with Crippen molar-refractivity contribution in [3.63, 3.8) is 0 Å². The number of pyridine rings is 1. The van der Waals surface area contributed by atoms with Gasteiger partial charge in [0.1, 0.15) is 5.82 Å². The van der Waals surface area contributed by atoms with Gasteiger partial charge in [0.15, 0.2) is 0 Å². The van der Waals surface area contributed by atoms with E-state index in [4.69, 9.17) is 15.0 Å². The average Bonchev–Trinajstić information content (AvgIpc) is 3.06. The first-order valence-electron chi connectivity index (χ1n) is 11.3. The molecular formula is C24H39N3O2S. The van der Waals surface area contributed by atoms with Crippen LogP contribution in [-0.4, -0.2) is 45.9 Å². The summed E-state index contributed by atoms with van der Waals surface area (Å²) in [5, 5.41) is 0. The highest BCUT2D eigenvalue weighted by molar-refractivity contribution is 7.93. The van der Waals surface area contributed by atoms with E-state index in [1.54, 1.807) is 0 Å². The SMILES string of the molecule is C=C1CC2CCC1(CSO)C2(C)C.CCCN1C[C@@H](c2ccc(N)nc2)OC[C@@H]1C. The number of nitrogen functional groups attached to an aromatic ring is 1. The molecule has 30 heavy (non-hydrogen) atoms. The number of hydrogen-bond acceptors (Lipinski definition) is 6. The molecule has 0 aromatic carbocycles. The van der Waals surface area contributed by atoms with Gasteiger partial charge in [0.05, 0.1) is 12.7 Å². The summed E-state index contributed by atoms with van der Waals surface area (Å²) in [6.45, 7) is 16.2. The summed E-state index contributed by atoms with van der Waals surface area (Å²) in [5.41, 5.74) is 8.69. The fourth-order valence-corrected chi connectivity index (χ4v) is 6.60. The van der Waals surface area contributed by atoms with Gasteiger partial charge in [-0.3, -0.25) is 4.90 Å². The summed E-state index contributed by atoms with van der Waals surface area (Å²) < 4.78 is 14.9. The van der Waals surface area contributed by atoms with E-state index in [1.165, 1.54) is 31.3 Å². The Bertz CT molecular complexity index is 724. The molecule has 3 fully saturated rings. The van der Waals surface area contributed by atoms with Gasteiger partial charge < -0.3 is 15.0 Å². The molecule has 168 valence electrons. The molecule has 2 heterocycles. The Balaban J connectivity index is 0.000000177. The Morgan fingerprint density at radius 3 is 2.70 bits per heavy atom. The van der Waals surface area contributed by atoms with Crippen molar-refractivity contribution in [2.45, 2.75) is 65.5 Å². The van der Waals surface area contributed by atoms with Gasteiger partial charge in [-0.1, -0.05) is 39.0 Å². The molecule has 2 bridgehead atoms. The van der Waals surface area contributed by atoms with Crippen LogP contribution in [0.25, 0.3) is 0 Å². The van der Waals surface area contributed by atoms with Crippen molar-refractivity contribution in [3.8, 4) is 0 Å². The van der Waals surface area contributed by atoms with Crippen LogP contribution in [0.2, 0.25) is 0 Å². The van der Waals surface area contributed by atoms with Crippen LogP contribution >= 0.6 is 12.0 Å². The number of allylic oxidation sites excluding steroid dienone is 1. The smallest absolute Gasteiger partial charge is 0.123 e. The lowest BCUT2D eigenvalue weighted by Crippen LogP contribution is -2.45. The van der Waals surface area contributed by atoms with E-state index < -0.39 is 0 Å². The van der Waals surface area contributed by atoms with Crippen molar-refractivity contribution in [2.75, 3.05) is 31.2 Å². The molecule has 1 aromatic heterocycles. The molecule has 0 radical (unpaired) electrons. The maximum absolute atomic E-state index is 9.07. The summed E-state index contributed by atoms with van der Waals surface area (Å²) in [7, 11) is 0. The second kappa shape index (κ2) is 9.60. The second-order valence-electron chi connectivity index (χ2n) is 9.80. The van der Waals surface area contributed by atoms with Crippen LogP contribution in [0.3, 0.4) is 0 Å². The van der Waals surface area contributed by atoms with Gasteiger partial charge in [0, 0.05) is 35.5 Å². The zero-order valence-corrected chi connectivity index (χ0v) is 19.9. The zero-order valence-electron chi connectivity index (χ0n) is 19.1. The average molecular weight is 434 g/mol. The van der Waals surface area contributed by atoms with E-state index in [2.05, 4.69) is 44.2 Å². The van der Waals surface area contributed by atoms with E-state index in [-0.39, 0.29) is 11.5 Å². The quantitative estimate of drug-likeness (QED) is 0.478. The van der Waals surface area contributed by atoms with Gasteiger partial charge in [-0.2, -0.15) is 0 Å². The van der Waals surface area contributed by atoms with Gasteiger partial charge in [-0.05, 0) is 68.6 Å². The first kappa shape index (κ1) is 23.6. The normalized spacial score (nSPS) is 32.7. The summed E-state index contributed by atoms with van der Waals surface area (Å²) in [6, 6.07) is 4.35. The molecule has 0 spiro atoms. The van der Waals surface area contributed by atoms with Crippen molar-refractivity contribution in [2.24, 2.45) is 16.7 Å². The number of anilines is 1. The number of morpholine rings is 1. The van der Waals surface area contributed by atoms with Gasteiger partial charge in [-0.25, -0.2) is 4.98 Å². The number of nitrogens with zero attached hydrogens (tertiary/aromatic N) is 2. The van der Waals surface area contributed by atoms with Crippen molar-refractivity contribution < 1.29 is 9.29 Å². The maximum atomic E-state index is 9.07. The third-order valence-electron chi connectivity index (χ3n) is 7.91. The molecule has 3 aliphatic rings. The molecule has 0 amide bonds. The predicted octanol–water partition coefficient (Wildman–Crippen LogP) is 5.41. The highest BCUT2D eigenvalue weighted by Crippen LogP contribution is 2.68. The Kier molecular flexibility index (Phi) is 7.54. The molecule has 4 rings (SSSR count). The third-order valence-corrected chi connectivity index (χ3v) is 8.53. The van der Waals surface area contributed by atoms with E-state index >= 15 is 0 Å². The Morgan fingerprint density at radius 1 is 1.40 bits per heavy atom. The van der Waals surface area contributed by atoms with Crippen LogP contribution in [0.5, 0.6) is 0 Å². The first-order chi connectivity index (χ1) is 14.2. The van der Waals surface area contributed by atoms with Crippen LogP contribution < -0.4 is 5.73 Å². The van der Waals surface area contributed by atoms with Crippen molar-refractivity contribution >= 4 is 17.9 Å². The predicted molar refractivity (Wildman–Crippen MR) is 126 cm³/mol. The van der Waals surface area contributed by atoms with E-state index in [9.17, 15) is 0 Å². The number of nitrogens with two attached hydrogens (primary N) is 1. The molecule has 6 heteroatoms. The Morgan fingerprint density at radius 2 is 2.17 bits per heavy atom. The molecule has 1 saturated heterocycles. The Labute approximate surface area is 186 Å². The number of rotatable bonds is 5. The number of aromatic nitrogens is 1. The molecule has 1 aromatic rings. The molecule has 2 aliphatic carbocycles. The summed E-state index contributed by atoms with van der Waals surface area (Å²) in [5.74, 6) is 2.21. The zero-order chi connectivity index (χ0) is 21.9. The van der Waals surface area contributed by atoms with E-state index in [0.29, 0.717) is 17.3 Å². The first-order valence-corrected chi connectivity index (χ1v) is 12.2. The molecule has 1 aliphatic heterocycles. The topological polar surface area (TPSA) is 71.6 Å². The van der Waals surface area contributed by atoms with Crippen LogP contribution in [0.1, 0.15) is 65.0 Å². The van der Waals surface area contributed by atoms with Crippen LogP contribution in [-0.2, 0) is 4.74 Å². The molecular weight excluding hydrogens is 394 g/mol. The standard InChI is InChI=1S/C13H21N3O.C11H18OS/c1-3-6-16-8-12(17-9-10(16)2)11-4-5-13(14)15-7-11;1-8-6-9-4-5-11(8,7-13-12)10(9,2)3/h4-5,7,10,12H,3,6,8-9H2,1-2H3,(H2,14,15);9,12H,1,4-7H2,2-3H3/t10-,12-;/m0./s1. The summed E-state index contributed by atoms with van der Waals surface area (Å²) in [6.07, 6.45) is 6.87. The van der Waals surface area contributed by atoms with Crippen molar-refractivity contribution in [3.05, 3.63) is 36.0 Å². The van der Waals surface area contributed by atoms with Gasteiger partial charge in [0.25, 0.3) is 0 Å². The second-order valence-corrected chi connectivity index (χ2v) is 10.3. The summed E-state index contributed by atoms with van der Waals surface area (Å²) in [4.78, 5) is 6.60. The number of ether oxygens (including phenoxy) is 1. The fraction of sp³-hybridized carbons (Fsp3) is 0.708. The summed E-state index contributed by atoms with van der Waals surface area (Å²) >= 11 is 0.994. The molecule has 3 N–H and O–H groups in total. The van der Waals surface area contributed by atoms with Crippen LogP contribution in [0.15, 0.2) is 30.5 Å². The van der Waals surface area contributed by atoms with E-state index in [0.717, 1.165) is 49.0 Å². The molecule has 4 atom stereocenters. The molecule has 5 nitrogen and oxygen atoms in total. The minimum atomic E-state index is 0.130. The van der Waals surface area contributed by atoms with Crippen LogP contribution in [0.4, 0.5) is 5.82 Å². The highest BCUT2D eigenvalue weighted by atomic mass is 32.2. The van der Waals surface area contributed by atoms with Crippen LogP contribution in [0, 0.1) is 16.7 Å². The van der Waals surface area contributed by atoms with Crippen molar-refractivity contribution in [1.29, 1.82) is 0 Å². The number of fused-ring (bicyclic) bond motifs is 2. The monoisotopic (exact) mass is 433 g/mol. The van der Waals surface area contributed by atoms with Gasteiger partial charge >= 0.3 is 0 Å². The maximum Gasteiger partial charge on any atom is 0.123 e. The lowest BCUT2D eigenvalue weighted by atomic mass is 9.69. The minimum absolute atomic E-state index is 0.130. The van der Waals surface area contributed by atoms with Gasteiger partial charge in [-0.15, -0.1) is 0 Å². The lowest BCUT2D eigenvalue weighted by Gasteiger charge is -2.38. The fourth-order valence-electron chi connectivity index (χ4n) is 5.66. The van der Waals surface area contributed by atoms with Crippen molar-refractivity contribution in [1.82, 2.24) is 9.88 Å². The number of hydrogen-bond donors (Lipinski definition) is 2. The Hall–Kier alpha value is -1.08. The van der Waals surface area contributed by atoms with Gasteiger partial charge in [0.2, 0.25) is 0 Å². The minimum Gasteiger partial charge on any atom is -0.384 e. The molecule has 2 unspecified atom stereocenters. The largest absolute Gasteiger partial charge is 0.384 e. The third kappa shape index (κ3) is 4.43. The lowest BCUT2D eigenvalue weighted by molar-refractivity contribution is -0.0599.